The van der Waals surface area contributed by atoms with Crippen molar-refractivity contribution in [3.8, 4) is 0 Å². The van der Waals surface area contributed by atoms with E-state index >= 15 is 0 Å². The van der Waals surface area contributed by atoms with Crippen molar-refractivity contribution < 1.29 is 4.79 Å². The fourth-order valence-corrected chi connectivity index (χ4v) is 2.00. The number of rotatable bonds is 7. The van der Waals surface area contributed by atoms with Crippen LogP contribution < -0.4 is 4.90 Å². The number of hydrogen-bond donors (Lipinski definition) is 0. The molecular weight excluding hydrogens is 262 g/mol. The topological polar surface area (TPSA) is 38.1 Å². The second-order valence-corrected chi connectivity index (χ2v) is 4.56. The van der Waals surface area contributed by atoms with Gasteiger partial charge in [0.25, 0.3) is 0 Å². The van der Waals surface area contributed by atoms with E-state index < -0.39 is 0 Å². The summed E-state index contributed by atoms with van der Waals surface area (Å²) in [6, 6.07) is 8.09. The normalized spacial score (nSPS) is 9.67. The Morgan fingerprint density at radius 1 is 1.33 bits per heavy atom. The van der Waals surface area contributed by atoms with E-state index in [2.05, 4.69) is 24.0 Å². The van der Waals surface area contributed by atoms with Crippen LogP contribution in [-0.2, 0) is 11.3 Å². The van der Waals surface area contributed by atoms with Gasteiger partial charge in [0.2, 0.25) is 6.41 Å². The summed E-state index contributed by atoms with van der Waals surface area (Å²) in [5, 5.41) is 0. The average Bonchev–Trinajstić information content (AvgIpc) is 3.03. The number of carbonyl (C=O) groups excluding carboxylic acids is 1. The van der Waals surface area contributed by atoms with E-state index in [-0.39, 0.29) is 0 Å². The Kier molecular flexibility index (Phi) is 7.87. The lowest BCUT2D eigenvalue weighted by molar-refractivity contribution is -0.107. The molecule has 0 aliphatic rings. The molecule has 114 valence electrons. The van der Waals surface area contributed by atoms with Crippen LogP contribution >= 0.6 is 0 Å². The van der Waals surface area contributed by atoms with Crippen molar-refractivity contribution in [2.45, 2.75) is 40.2 Å². The molecule has 0 fully saturated rings. The van der Waals surface area contributed by atoms with Crippen LogP contribution in [0.3, 0.4) is 0 Å². The SMILES string of the molecule is CC.CCCCN(C=O)c1cccc(Cn2ccnc2)c1. The van der Waals surface area contributed by atoms with Gasteiger partial charge in [0, 0.05) is 31.2 Å². The van der Waals surface area contributed by atoms with Gasteiger partial charge in [0.15, 0.2) is 0 Å². The largest absolute Gasteiger partial charge is 0.333 e. The summed E-state index contributed by atoms with van der Waals surface area (Å²) in [6.07, 6.45) is 8.50. The molecule has 0 aliphatic carbocycles. The number of nitrogens with zero attached hydrogens (tertiary/aromatic N) is 3. The first-order valence-electron chi connectivity index (χ1n) is 7.60. The lowest BCUT2D eigenvalue weighted by Gasteiger charge is -2.18. The van der Waals surface area contributed by atoms with E-state index in [1.54, 1.807) is 17.4 Å². The highest BCUT2D eigenvalue weighted by molar-refractivity contribution is 5.75. The molecule has 0 spiro atoms. The number of unbranched alkanes of at least 4 members (excludes halogenated alkanes) is 1. The standard InChI is InChI=1S/C15H19N3O.C2H6/c1-2-3-8-18(13-19)15-6-4-5-14(10-15)11-17-9-7-16-12-17;1-2/h4-7,9-10,12-13H,2-3,8,11H2,1H3;1-2H3. The molecule has 0 bridgehead atoms. The quantitative estimate of drug-likeness (QED) is 0.728. The van der Waals surface area contributed by atoms with Crippen molar-refractivity contribution in [3.63, 3.8) is 0 Å². The van der Waals surface area contributed by atoms with Gasteiger partial charge in [-0.25, -0.2) is 4.98 Å². The molecule has 0 saturated carbocycles. The van der Waals surface area contributed by atoms with Crippen LogP contribution in [0.2, 0.25) is 0 Å². The van der Waals surface area contributed by atoms with Gasteiger partial charge in [-0.3, -0.25) is 4.79 Å². The highest BCUT2D eigenvalue weighted by Gasteiger charge is 2.05. The van der Waals surface area contributed by atoms with Gasteiger partial charge in [-0.05, 0) is 24.1 Å². The molecule has 1 amide bonds. The van der Waals surface area contributed by atoms with Gasteiger partial charge in [-0.2, -0.15) is 0 Å². The Labute approximate surface area is 127 Å². The molecule has 0 N–H and O–H groups in total. The number of benzene rings is 1. The third kappa shape index (κ3) is 5.42. The molecule has 0 atom stereocenters. The first kappa shape index (κ1) is 17.0. The Hall–Kier alpha value is -2.10. The van der Waals surface area contributed by atoms with Crippen LogP contribution in [0, 0.1) is 0 Å². The summed E-state index contributed by atoms with van der Waals surface area (Å²) in [4.78, 5) is 16.9. The number of hydrogen-bond acceptors (Lipinski definition) is 2. The lowest BCUT2D eigenvalue weighted by atomic mass is 10.2. The second kappa shape index (κ2) is 9.75. The number of imidazole rings is 1. The summed E-state index contributed by atoms with van der Waals surface area (Å²) in [6.45, 7) is 7.67. The summed E-state index contributed by atoms with van der Waals surface area (Å²) >= 11 is 0. The Morgan fingerprint density at radius 3 is 2.76 bits per heavy atom. The fourth-order valence-electron chi connectivity index (χ4n) is 2.00. The smallest absolute Gasteiger partial charge is 0.214 e. The van der Waals surface area contributed by atoms with Crippen LogP contribution in [0.5, 0.6) is 0 Å². The molecule has 1 aromatic heterocycles. The zero-order valence-corrected chi connectivity index (χ0v) is 13.2. The zero-order chi connectivity index (χ0) is 15.5. The Morgan fingerprint density at radius 2 is 2.14 bits per heavy atom. The van der Waals surface area contributed by atoms with E-state index in [9.17, 15) is 4.79 Å². The van der Waals surface area contributed by atoms with Crippen LogP contribution in [0.15, 0.2) is 43.0 Å². The third-order valence-electron chi connectivity index (χ3n) is 3.05. The second-order valence-electron chi connectivity index (χ2n) is 4.56. The van der Waals surface area contributed by atoms with Crippen LogP contribution in [0.25, 0.3) is 0 Å². The van der Waals surface area contributed by atoms with Crippen LogP contribution in [-0.4, -0.2) is 22.5 Å². The zero-order valence-electron chi connectivity index (χ0n) is 13.2. The minimum atomic E-state index is 0.772. The van der Waals surface area contributed by atoms with Crippen molar-refractivity contribution in [1.82, 2.24) is 9.55 Å². The minimum absolute atomic E-state index is 0.772. The summed E-state index contributed by atoms with van der Waals surface area (Å²) in [5.74, 6) is 0. The van der Waals surface area contributed by atoms with Crippen molar-refractivity contribution >= 4 is 12.1 Å². The van der Waals surface area contributed by atoms with Crippen molar-refractivity contribution in [2.75, 3.05) is 11.4 Å². The summed E-state index contributed by atoms with van der Waals surface area (Å²) in [5.41, 5.74) is 2.12. The summed E-state index contributed by atoms with van der Waals surface area (Å²) in [7, 11) is 0. The Balaban J connectivity index is 0.00000106. The van der Waals surface area contributed by atoms with Crippen molar-refractivity contribution in [2.24, 2.45) is 0 Å². The molecule has 1 heterocycles. The van der Waals surface area contributed by atoms with Crippen LogP contribution in [0.1, 0.15) is 39.2 Å². The molecule has 1 aromatic carbocycles. The van der Waals surface area contributed by atoms with Gasteiger partial charge in [0.05, 0.1) is 6.33 Å². The molecular formula is C17H25N3O. The van der Waals surface area contributed by atoms with E-state index in [1.165, 1.54) is 5.56 Å². The van der Waals surface area contributed by atoms with E-state index in [1.807, 2.05) is 36.7 Å². The maximum absolute atomic E-state index is 11.2. The highest BCUT2D eigenvalue weighted by atomic mass is 16.1. The van der Waals surface area contributed by atoms with E-state index in [4.69, 9.17) is 0 Å². The predicted molar refractivity (Wildman–Crippen MR) is 87.4 cm³/mol. The fraction of sp³-hybridized carbons (Fsp3) is 0.412. The molecule has 4 heteroatoms. The number of anilines is 1. The monoisotopic (exact) mass is 287 g/mol. The molecule has 0 saturated heterocycles. The van der Waals surface area contributed by atoms with Gasteiger partial charge >= 0.3 is 0 Å². The molecule has 4 nitrogen and oxygen atoms in total. The molecule has 21 heavy (non-hydrogen) atoms. The highest BCUT2D eigenvalue weighted by Crippen LogP contribution is 2.16. The Bertz CT molecular complexity index is 509. The molecule has 0 aliphatic heterocycles. The molecule has 2 aromatic rings. The maximum atomic E-state index is 11.2. The third-order valence-corrected chi connectivity index (χ3v) is 3.05. The van der Waals surface area contributed by atoms with Crippen LogP contribution in [0.4, 0.5) is 5.69 Å². The number of amides is 1. The van der Waals surface area contributed by atoms with E-state index in [0.717, 1.165) is 38.0 Å². The summed E-state index contributed by atoms with van der Waals surface area (Å²) < 4.78 is 2.01. The number of aromatic nitrogens is 2. The predicted octanol–water partition coefficient (Wildman–Crippen LogP) is 3.72. The molecule has 2 rings (SSSR count). The first-order chi connectivity index (χ1) is 10.3. The lowest BCUT2D eigenvalue weighted by Crippen LogP contribution is -2.22. The van der Waals surface area contributed by atoms with Gasteiger partial charge in [-0.1, -0.05) is 39.3 Å². The van der Waals surface area contributed by atoms with E-state index in [0.29, 0.717) is 0 Å². The van der Waals surface area contributed by atoms with Gasteiger partial charge in [0.1, 0.15) is 0 Å². The maximum Gasteiger partial charge on any atom is 0.214 e. The number of carbonyl (C=O) groups is 1. The van der Waals surface area contributed by atoms with Crippen molar-refractivity contribution in [1.29, 1.82) is 0 Å². The van der Waals surface area contributed by atoms with Gasteiger partial charge in [-0.15, -0.1) is 0 Å². The van der Waals surface area contributed by atoms with Gasteiger partial charge < -0.3 is 9.47 Å². The minimum Gasteiger partial charge on any atom is -0.333 e. The first-order valence-corrected chi connectivity index (χ1v) is 7.60. The average molecular weight is 287 g/mol. The molecule has 0 unspecified atom stereocenters. The molecule has 0 radical (unpaired) electrons. The van der Waals surface area contributed by atoms with Crippen molar-refractivity contribution in [3.05, 3.63) is 48.5 Å².